The van der Waals surface area contributed by atoms with Crippen molar-refractivity contribution in [2.75, 3.05) is 27.2 Å². The Morgan fingerprint density at radius 3 is 2.74 bits per heavy atom. The van der Waals surface area contributed by atoms with Gasteiger partial charge in [-0.25, -0.2) is 0 Å². The molecule has 1 N–H and O–H groups in total. The van der Waals surface area contributed by atoms with Crippen molar-refractivity contribution < 1.29 is 0 Å². The summed E-state index contributed by atoms with van der Waals surface area (Å²) in [7, 11) is 4.23. The third-order valence-electron chi connectivity index (χ3n) is 3.35. The van der Waals surface area contributed by atoms with Crippen molar-refractivity contribution in [1.29, 1.82) is 0 Å². The van der Waals surface area contributed by atoms with Crippen molar-refractivity contribution in [2.24, 2.45) is 0 Å². The molecule has 0 saturated carbocycles. The first-order valence-corrected chi connectivity index (χ1v) is 6.94. The van der Waals surface area contributed by atoms with Crippen LogP contribution in [0.4, 0.5) is 0 Å². The fourth-order valence-electron chi connectivity index (χ4n) is 2.41. The topological polar surface area (TPSA) is 28.2 Å². The van der Waals surface area contributed by atoms with Crippen LogP contribution < -0.4 is 5.32 Å². The zero-order chi connectivity index (χ0) is 13.7. The number of pyridine rings is 1. The van der Waals surface area contributed by atoms with Crippen LogP contribution in [0, 0.1) is 0 Å². The standard InChI is InChI=1S/C16H23N3/c1-4-17-15(10-12-19(2)3)14-9-5-7-13-8-6-11-18-16(13)14/h5-9,11,15,17H,4,10,12H2,1-3H3. The molecular weight excluding hydrogens is 234 g/mol. The number of hydrogen-bond acceptors (Lipinski definition) is 3. The Balaban J connectivity index is 2.32. The minimum atomic E-state index is 0.367. The van der Waals surface area contributed by atoms with Crippen molar-refractivity contribution in [3.8, 4) is 0 Å². The molecule has 0 aliphatic heterocycles. The van der Waals surface area contributed by atoms with Crippen LogP contribution in [0.1, 0.15) is 24.9 Å². The van der Waals surface area contributed by atoms with Gasteiger partial charge in [0.15, 0.2) is 0 Å². The van der Waals surface area contributed by atoms with Crippen LogP contribution in [0.3, 0.4) is 0 Å². The highest BCUT2D eigenvalue weighted by Crippen LogP contribution is 2.24. The molecule has 3 nitrogen and oxygen atoms in total. The van der Waals surface area contributed by atoms with Gasteiger partial charge in [-0.15, -0.1) is 0 Å². The molecule has 19 heavy (non-hydrogen) atoms. The number of benzene rings is 1. The van der Waals surface area contributed by atoms with E-state index in [-0.39, 0.29) is 0 Å². The third-order valence-corrected chi connectivity index (χ3v) is 3.35. The van der Waals surface area contributed by atoms with Gasteiger partial charge < -0.3 is 10.2 Å². The number of para-hydroxylation sites is 1. The Kier molecular flexibility index (Phi) is 4.88. The van der Waals surface area contributed by atoms with Gasteiger partial charge in [0.2, 0.25) is 0 Å². The normalized spacial score (nSPS) is 13.1. The zero-order valence-electron chi connectivity index (χ0n) is 12.1. The predicted octanol–water partition coefficient (Wildman–Crippen LogP) is 2.84. The Bertz CT molecular complexity index is 517. The first-order chi connectivity index (χ1) is 9.22. The molecule has 102 valence electrons. The molecule has 0 saturated heterocycles. The minimum absolute atomic E-state index is 0.367. The van der Waals surface area contributed by atoms with E-state index in [1.54, 1.807) is 0 Å². The van der Waals surface area contributed by atoms with E-state index in [9.17, 15) is 0 Å². The Morgan fingerprint density at radius 1 is 1.21 bits per heavy atom. The Morgan fingerprint density at radius 2 is 2.00 bits per heavy atom. The smallest absolute Gasteiger partial charge is 0.0749 e. The highest BCUT2D eigenvalue weighted by molar-refractivity contribution is 5.81. The molecule has 0 radical (unpaired) electrons. The van der Waals surface area contributed by atoms with Crippen molar-refractivity contribution in [2.45, 2.75) is 19.4 Å². The van der Waals surface area contributed by atoms with E-state index in [2.05, 4.69) is 60.5 Å². The van der Waals surface area contributed by atoms with Crippen LogP contribution in [0.2, 0.25) is 0 Å². The number of nitrogens with zero attached hydrogens (tertiary/aromatic N) is 2. The molecule has 0 fully saturated rings. The van der Waals surface area contributed by atoms with Crippen molar-refractivity contribution in [3.05, 3.63) is 42.1 Å². The molecule has 0 aliphatic rings. The van der Waals surface area contributed by atoms with Crippen LogP contribution in [0.25, 0.3) is 10.9 Å². The van der Waals surface area contributed by atoms with Gasteiger partial charge in [0, 0.05) is 17.6 Å². The largest absolute Gasteiger partial charge is 0.310 e. The van der Waals surface area contributed by atoms with E-state index in [0.29, 0.717) is 6.04 Å². The summed E-state index contributed by atoms with van der Waals surface area (Å²) in [6.07, 6.45) is 2.97. The lowest BCUT2D eigenvalue weighted by Gasteiger charge is -2.21. The molecule has 1 heterocycles. The van der Waals surface area contributed by atoms with Gasteiger partial charge in [-0.05, 0) is 45.2 Å². The molecular formula is C16H23N3. The van der Waals surface area contributed by atoms with Crippen LogP contribution >= 0.6 is 0 Å². The van der Waals surface area contributed by atoms with E-state index in [1.807, 2.05) is 12.3 Å². The molecule has 1 aromatic heterocycles. The lowest BCUT2D eigenvalue weighted by molar-refractivity contribution is 0.364. The third kappa shape index (κ3) is 3.52. The summed E-state index contributed by atoms with van der Waals surface area (Å²) in [4.78, 5) is 6.78. The maximum Gasteiger partial charge on any atom is 0.0749 e. The summed E-state index contributed by atoms with van der Waals surface area (Å²) in [5.74, 6) is 0. The van der Waals surface area contributed by atoms with E-state index >= 15 is 0 Å². The number of rotatable bonds is 6. The fraction of sp³-hybridized carbons (Fsp3) is 0.438. The molecule has 1 unspecified atom stereocenters. The summed E-state index contributed by atoms with van der Waals surface area (Å²) in [5, 5.41) is 4.80. The maximum atomic E-state index is 4.56. The second-order valence-corrected chi connectivity index (χ2v) is 5.12. The molecule has 0 spiro atoms. The van der Waals surface area contributed by atoms with Gasteiger partial charge in [0.1, 0.15) is 0 Å². The van der Waals surface area contributed by atoms with E-state index in [4.69, 9.17) is 0 Å². The zero-order valence-corrected chi connectivity index (χ0v) is 12.1. The number of hydrogen-bond donors (Lipinski definition) is 1. The highest BCUT2D eigenvalue weighted by Gasteiger charge is 2.14. The molecule has 0 bridgehead atoms. The van der Waals surface area contributed by atoms with Gasteiger partial charge in [-0.2, -0.15) is 0 Å². The van der Waals surface area contributed by atoms with Crippen molar-refractivity contribution >= 4 is 10.9 Å². The van der Waals surface area contributed by atoms with Crippen LogP contribution in [-0.2, 0) is 0 Å². The summed E-state index contributed by atoms with van der Waals surface area (Å²) < 4.78 is 0. The average Bonchev–Trinajstić information content (AvgIpc) is 2.43. The van der Waals surface area contributed by atoms with Crippen LogP contribution in [-0.4, -0.2) is 37.1 Å². The molecule has 1 atom stereocenters. The summed E-state index contributed by atoms with van der Waals surface area (Å²) >= 11 is 0. The fourth-order valence-corrected chi connectivity index (χ4v) is 2.41. The molecule has 2 aromatic rings. The lowest BCUT2D eigenvalue weighted by atomic mass is 10.00. The molecule has 0 amide bonds. The predicted molar refractivity (Wildman–Crippen MR) is 81.3 cm³/mol. The number of nitrogens with one attached hydrogen (secondary N) is 1. The first kappa shape index (κ1) is 14.0. The average molecular weight is 257 g/mol. The number of fused-ring (bicyclic) bond motifs is 1. The molecule has 3 heteroatoms. The minimum Gasteiger partial charge on any atom is -0.310 e. The number of aromatic nitrogens is 1. The SMILES string of the molecule is CCNC(CCN(C)C)c1cccc2cccnc12. The van der Waals surface area contributed by atoms with Gasteiger partial charge in [0.25, 0.3) is 0 Å². The van der Waals surface area contributed by atoms with Crippen LogP contribution in [0.5, 0.6) is 0 Å². The van der Waals surface area contributed by atoms with Gasteiger partial charge in [-0.3, -0.25) is 4.98 Å². The van der Waals surface area contributed by atoms with Crippen molar-refractivity contribution in [3.63, 3.8) is 0 Å². The molecule has 1 aromatic carbocycles. The summed E-state index contributed by atoms with van der Waals surface area (Å²) in [6, 6.07) is 10.9. The van der Waals surface area contributed by atoms with E-state index in [1.165, 1.54) is 10.9 Å². The molecule has 2 rings (SSSR count). The first-order valence-electron chi connectivity index (χ1n) is 6.94. The lowest BCUT2D eigenvalue weighted by Crippen LogP contribution is -2.25. The van der Waals surface area contributed by atoms with E-state index < -0.39 is 0 Å². The van der Waals surface area contributed by atoms with Crippen molar-refractivity contribution in [1.82, 2.24) is 15.2 Å². The highest BCUT2D eigenvalue weighted by atomic mass is 15.1. The summed E-state index contributed by atoms with van der Waals surface area (Å²) in [6.45, 7) is 4.20. The Labute approximate surface area is 115 Å². The quantitative estimate of drug-likeness (QED) is 0.862. The van der Waals surface area contributed by atoms with Gasteiger partial charge in [0.05, 0.1) is 5.52 Å². The van der Waals surface area contributed by atoms with Gasteiger partial charge >= 0.3 is 0 Å². The van der Waals surface area contributed by atoms with E-state index in [0.717, 1.165) is 25.0 Å². The second-order valence-electron chi connectivity index (χ2n) is 5.12. The molecule has 0 aliphatic carbocycles. The second kappa shape index (κ2) is 6.64. The maximum absolute atomic E-state index is 4.56. The van der Waals surface area contributed by atoms with Crippen LogP contribution in [0.15, 0.2) is 36.5 Å². The summed E-state index contributed by atoms with van der Waals surface area (Å²) in [5.41, 5.74) is 2.43. The van der Waals surface area contributed by atoms with Gasteiger partial charge in [-0.1, -0.05) is 31.2 Å². The monoisotopic (exact) mass is 257 g/mol. The Hall–Kier alpha value is -1.45.